The van der Waals surface area contributed by atoms with Crippen molar-refractivity contribution in [3.05, 3.63) is 0 Å². The summed E-state index contributed by atoms with van der Waals surface area (Å²) in [5.41, 5.74) is 0. The van der Waals surface area contributed by atoms with E-state index in [0.717, 1.165) is 23.7 Å². The molecule has 0 amide bonds. The van der Waals surface area contributed by atoms with Crippen molar-refractivity contribution in [2.45, 2.75) is 77.0 Å². The molecule has 2 heteroatoms. The van der Waals surface area contributed by atoms with Gasteiger partial charge in [0.2, 0.25) is 0 Å². The average Bonchev–Trinajstić information content (AvgIpc) is 2.55. The standard InChI is InChI=1S/C16H28.2CH2O/c1-3-13-7-9-15-5-2-6-16(12-15)10-8-14(4-1)11-13;2*1-2/h13-16H,1-12H2;2*1H2. The molecule has 20 heavy (non-hydrogen) atoms. The van der Waals surface area contributed by atoms with E-state index >= 15 is 0 Å². The summed E-state index contributed by atoms with van der Waals surface area (Å²) in [4.78, 5) is 16.0. The van der Waals surface area contributed by atoms with Gasteiger partial charge in [-0.2, -0.15) is 0 Å². The van der Waals surface area contributed by atoms with Gasteiger partial charge in [0.15, 0.2) is 0 Å². The number of hydrogen-bond donors (Lipinski definition) is 0. The molecule has 0 spiro atoms. The molecule has 4 bridgehead atoms. The molecular weight excluding hydrogens is 248 g/mol. The van der Waals surface area contributed by atoms with Gasteiger partial charge >= 0.3 is 0 Å². The minimum absolute atomic E-state index is 1.12. The van der Waals surface area contributed by atoms with Gasteiger partial charge in [-0.25, -0.2) is 0 Å². The van der Waals surface area contributed by atoms with Crippen LogP contribution < -0.4 is 0 Å². The number of carbonyl (C=O) groups is 2. The summed E-state index contributed by atoms with van der Waals surface area (Å²) in [6, 6.07) is 0. The Bertz CT molecular complexity index is 208. The van der Waals surface area contributed by atoms with Crippen LogP contribution in [-0.4, -0.2) is 13.6 Å². The minimum Gasteiger partial charge on any atom is -0.307 e. The van der Waals surface area contributed by atoms with Crippen molar-refractivity contribution in [3.63, 3.8) is 0 Å². The number of fused-ring (bicyclic) bond motifs is 4. The van der Waals surface area contributed by atoms with Gasteiger partial charge in [0.1, 0.15) is 13.6 Å². The molecule has 116 valence electrons. The molecule has 0 aromatic heterocycles. The highest BCUT2D eigenvalue weighted by atomic mass is 16.1. The lowest BCUT2D eigenvalue weighted by atomic mass is 9.70. The zero-order valence-corrected chi connectivity index (χ0v) is 13.0. The zero-order chi connectivity index (χ0) is 14.8. The Hall–Kier alpha value is -0.660. The lowest BCUT2D eigenvalue weighted by Gasteiger charge is -2.36. The van der Waals surface area contributed by atoms with E-state index in [1.165, 1.54) is 0 Å². The van der Waals surface area contributed by atoms with Gasteiger partial charge in [-0.05, 0) is 36.5 Å². The predicted molar refractivity (Wildman–Crippen MR) is 83.6 cm³/mol. The molecule has 3 fully saturated rings. The van der Waals surface area contributed by atoms with Crippen molar-refractivity contribution in [2.24, 2.45) is 23.7 Å². The lowest BCUT2D eigenvalue weighted by Crippen LogP contribution is -2.23. The maximum Gasteiger partial charge on any atom is 0.106 e. The van der Waals surface area contributed by atoms with Crippen LogP contribution in [-0.2, 0) is 9.59 Å². The van der Waals surface area contributed by atoms with Crippen LogP contribution in [0.25, 0.3) is 0 Å². The summed E-state index contributed by atoms with van der Waals surface area (Å²) in [7, 11) is 0. The van der Waals surface area contributed by atoms with Gasteiger partial charge in [-0.15, -0.1) is 0 Å². The molecule has 0 aliphatic heterocycles. The first-order valence-corrected chi connectivity index (χ1v) is 8.48. The van der Waals surface area contributed by atoms with Crippen molar-refractivity contribution in [2.75, 3.05) is 0 Å². The Morgan fingerprint density at radius 2 is 0.700 bits per heavy atom. The van der Waals surface area contributed by atoms with E-state index in [9.17, 15) is 0 Å². The van der Waals surface area contributed by atoms with E-state index in [1.807, 2.05) is 13.6 Å². The third kappa shape index (κ3) is 5.38. The van der Waals surface area contributed by atoms with Crippen LogP contribution in [0.5, 0.6) is 0 Å². The van der Waals surface area contributed by atoms with E-state index in [0.29, 0.717) is 0 Å². The molecule has 3 saturated carbocycles. The Morgan fingerprint density at radius 3 is 0.950 bits per heavy atom. The van der Waals surface area contributed by atoms with Crippen molar-refractivity contribution >= 4 is 13.6 Å². The van der Waals surface area contributed by atoms with Crippen LogP contribution in [0.1, 0.15) is 77.0 Å². The average molecular weight is 280 g/mol. The molecule has 0 heterocycles. The molecular formula is C18H32O2. The maximum absolute atomic E-state index is 8.00. The summed E-state index contributed by atoms with van der Waals surface area (Å²) < 4.78 is 0. The van der Waals surface area contributed by atoms with Crippen LogP contribution in [0.15, 0.2) is 0 Å². The molecule has 4 atom stereocenters. The molecule has 3 aliphatic rings. The van der Waals surface area contributed by atoms with E-state index in [1.54, 1.807) is 77.0 Å². The van der Waals surface area contributed by atoms with Crippen LogP contribution in [0, 0.1) is 23.7 Å². The molecule has 0 saturated heterocycles. The van der Waals surface area contributed by atoms with Crippen molar-refractivity contribution < 1.29 is 9.59 Å². The monoisotopic (exact) mass is 280 g/mol. The number of hydrogen-bond acceptors (Lipinski definition) is 2. The zero-order valence-electron chi connectivity index (χ0n) is 13.0. The lowest BCUT2D eigenvalue weighted by molar-refractivity contribution is -0.0987. The smallest absolute Gasteiger partial charge is 0.106 e. The molecule has 2 nitrogen and oxygen atoms in total. The predicted octanol–water partition coefficient (Wildman–Crippen LogP) is 4.80. The third-order valence-corrected chi connectivity index (χ3v) is 5.75. The van der Waals surface area contributed by atoms with E-state index < -0.39 is 0 Å². The number of carbonyl (C=O) groups excluding carboxylic acids is 2. The van der Waals surface area contributed by atoms with Gasteiger partial charge < -0.3 is 9.59 Å². The van der Waals surface area contributed by atoms with Crippen LogP contribution in [0.4, 0.5) is 0 Å². The molecule has 0 radical (unpaired) electrons. The quantitative estimate of drug-likeness (QED) is 0.638. The first-order valence-electron chi connectivity index (χ1n) is 8.48. The van der Waals surface area contributed by atoms with Crippen molar-refractivity contribution in [3.8, 4) is 0 Å². The largest absolute Gasteiger partial charge is 0.307 e. The maximum atomic E-state index is 8.00. The SMILES string of the molecule is C1CC2CCC3CCCC(CCC(C1)C2)C3.C=O.C=O. The molecule has 4 unspecified atom stereocenters. The first-order chi connectivity index (χ1) is 9.90. The summed E-state index contributed by atoms with van der Waals surface area (Å²) in [5, 5.41) is 0. The molecule has 3 aliphatic carbocycles. The fourth-order valence-electron chi connectivity index (χ4n) is 4.80. The molecule has 0 aromatic carbocycles. The van der Waals surface area contributed by atoms with Gasteiger partial charge in [-0.3, -0.25) is 0 Å². The minimum atomic E-state index is 1.12. The number of rotatable bonds is 0. The van der Waals surface area contributed by atoms with Gasteiger partial charge in [0, 0.05) is 0 Å². The fraction of sp³-hybridized carbons (Fsp3) is 0.889. The highest BCUT2D eigenvalue weighted by Crippen LogP contribution is 2.42. The summed E-state index contributed by atoms with van der Waals surface area (Å²) in [6.45, 7) is 4.00. The molecule has 0 aromatic rings. The summed E-state index contributed by atoms with van der Waals surface area (Å²) >= 11 is 0. The fourth-order valence-corrected chi connectivity index (χ4v) is 4.80. The normalized spacial score (nSPS) is 36.4. The van der Waals surface area contributed by atoms with Gasteiger partial charge in [0.25, 0.3) is 0 Å². The second-order valence-corrected chi connectivity index (χ2v) is 6.95. The molecule has 0 N–H and O–H groups in total. The Balaban J connectivity index is 0.000000461. The van der Waals surface area contributed by atoms with E-state index in [-0.39, 0.29) is 0 Å². The first kappa shape index (κ1) is 17.4. The van der Waals surface area contributed by atoms with E-state index in [4.69, 9.17) is 9.59 Å². The Kier molecular flexibility index (Phi) is 8.80. The van der Waals surface area contributed by atoms with Gasteiger partial charge in [0.05, 0.1) is 0 Å². The van der Waals surface area contributed by atoms with Crippen LogP contribution in [0.3, 0.4) is 0 Å². The highest BCUT2D eigenvalue weighted by Gasteiger charge is 2.28. The molecule has 3 rings (SSSR count). The van der Waals surface area contributed by atoms with Crippen molar-refractivity contribution in [1.29, 1.82) is 0 Å². The topological polar surface area (TPSA) is 34.1 Å². The van der Waals surface area contributed by atoms with Crippen LogP contribution in [0.2, 0.25) is 0 Å². The summed E-state index contributed by atoms with van der Waals surface area (Å²) in [5.74, 6) is 4.49. The van der Waals surface area contributed by atoms with Gasteiger partial charge in [-0.1, -0.05) is 64.2 Å². The third-order valence-electron chi connectivity index (χ3n) is 5.75. The summed E-state index contributed by atoms with van der Waals surface area (Å²) in [6.07, 6.45) is 18.8. The second-order valence-electron chi connectivity index (χ2n) is 6.95. The highest BCUT2D eigenvalue weighted by molar-refractivity contribution is 5.11. The second kappa shape index (κ2) is 10.1. The van der Waals surface area contributed by atoms with E-state index in [2.05, 4.69) is 0 Å². The van der Waals surface area contributed by atoms with Crippen LogP contribution >= 0.6 is 0 Å². The van der Waals surface area contributed by atoms with Crippen molar-refractivity contribution in [1.82, 2.24) is 0 Å². The Labute approximate surface area is 124 Å². The Morgan fingerprint density at radius 1 is 0.450 bits per heavy atom.